The van der Waals surface area contributed by atoms with Gasteiger partial charge >= 0.3 is 6.03 Å². The lowest BCUT2D eigenvalue weighted by Gasteiger charge is -2.29. The number of carbonyl (C=O) groups is 3. The SMILES string of the molecule is CCC(O)CNC(=O)CNC(=O)N1Cc2ccccc2N(C(=O)c2ccc(-n3cccn3)cc2Cl)C[C@H]1C. The Morgan fingerprint density at radius 2 is 1.95 bits per heavy atom. The first-order valence-electron chi connectivity index (χ1n) is 12.5. The molecule has 2 aromatic carbocycles. The Morgan fingerprint density at radius 1 is 1.16 bits per heavy atom. The first-order chi connectivity index (χ1) is 18.3. The third-order valence-corrected chi connectivity index (χ3v) is 6.78. The van der Waals surface area contributed by atoms with Gasteiger partial charge in [0.2, 0.25) is 5.91 Å². The number of aromatic nitrogens is 2. The van der Waals surface area contributed by atoms with E-state index in [0.717, 1.165) is 11.3 Å². The molecular weight excluding hydrogens is 508 g/mol. The molecule has 4 rings (SSSR count). The Balaban J connectivity index is 1.51. The Bertz CT molecular complexity index is 1300. The summed E-state index contributed by atoms with van der Waals surface area (Å²) < 4.78 is 1.66. The van der Waals surface area contributed by atoms with Crippen LogP contribution < -0.4 is 15.5 Å². The van der Waals surface area contributed by atoms with Gasteiger partial charge in [0.05, 0.1) is 28.9 Å². The minimum atomic E-state index is -0.629. The highest BCUT2D eigenvalue weighted by Crippen LogP contribution is 2.30. The number of nitrogens with one attached hydrogen (secondary N) is 2. The maximum Gasteiger partial charge on any atom is 0.318 e. The first kappa shape index (κ1) is 27.2. The molecule has 0 saturated heterocycles. The number of aliphatic hydroxyl groups is 1. The fourth-order valence-corrected chi connectivity index (χ4v) is 4.51. The quantitative estimate of drug-likeness (QED) is 0.427. The van der Waals surface area contributed by atoms with Crippen LogP contribution >= 0.6 is 11.6 Å². The molecule has 1 unspecified atom stereocenters. The third-order valence-electron chi connectivity index (χ3n) is 6.47. The number of nitrogens with zero attached hydrogens (tertiary/aromatic N) is 4. The van der Waals surface area contributed by atoms with E-state index in [9.17, 15) is 19.5 Å². The van der Waals surface area contributed by atoms with Crippen LogP contribution in [-0.4, -0.2) is 69.4 Å². The van der Waals surface area contributed by atoms with E-state index in [-0.39, 0.29) is 38.1 Å². The molecule has 1 aromatic heterocycles. The topological polar surface area (TPSA) is 120 Å². The molecule has 200 valence electrons. The zero-order chi connectivity index (χ0) is 27.2. The van der Waals surface area contributed by atoms with E-state index in [2.05, 4.69) is 15.7 Å². The third kappa shape index (κ3) is 6.15. The molecule has 0 aliphatic carbocycles. The van der Waals surface area contributed by atoms with Crippen molar-refractivity contribution in [2.24, 2.45) is 0 Å². The summed E-state index contributed by atoms with van der Waals surface area (Å²) in [5.41, 5.74) is 2.56. The van der Waals surface area contributed by atoms with Crippen LogP contribution in [0.3, 0.4) is 0 Å². The highest BCUT2D eigenvalue weighted by molar-refractivity contribution is 6.34. The number of para-hydroxylation sites is 1. The standard InChI is InChI=1S/C27H31ClN6O4/c1-3-21(35)14-29-25(36)15-30-27(38)32-17-19-7-4-5-8-24(19)33(16-18(32)2)26(37)22-10-9-20(13-23(22)28)34-12-6-11-31-34/h4-13,18,21,35H,3,14-17H2,1-2H3,(H,29,36)(H,30,38)/t18-,21?/m1/s1. The summed E-state index contributed by atoms with van der Waals surface area (Å²) in [7, 11) is 0. The van der Waals surface area contributed by atoms with Crippen molar-refractivity contribution in [3.63, 3.8) is 0 Å². The summed E-state index contributed by atoms with van der Waals surface area (Å²) in [6.45, 7) is 4.06. The predicted octanol–water partition coefficient (Wildman–Crippen LogP) is 2.97. The molecule has 0 spiro atoms. The molecule has 3 N–H and O–H groups in total. The minimum absolute atomic E-state index is 0.126. The second kappa shape index (κ2) is 12.1. The largest absolute Gasteiger partial charge is 0.391 e. The number of aliphatic hydroxyl groups excluding tert-OH is 1. The van der Waals surface area contributed by atoms with Crippen LogP contribution in [0.4, 0.5) is 10.5 Å². The molecule has 0 saturated carbocycles. The number of carbonyl (C=O) groups excluding carboxylic acids is 3. The second-order valence-corrected chi connectivity index (χ2v) is 9.57. The van der Waals surface area contributed by atoms with Gasteiger partial charge in [-0.05, 0) is 49.2 Å². The zero-order valence-corrected chi connectivity index (χ0v) is 22.1. The number of amides is 4. The molecule has 0 radical (unpaired) electrons. The fraction of sp³-hybridized carbons (Fsp3) is 0.333. The summed E-state index contributed by atoms with van der Waals surface area (Å²) >= 11 is 6.55. The van der Waals surface area contributed by atoms with Crippen LogP contribution in [0.2, 0.25) is 5.02 Å². The fourth-order valence-electron chi connectivity index (χ4n) is 4.26. The number of rotatable bonds is 7. The molecule has 10 nitrogen and oxygen atoms in total. The van der Waals surface area contributed by atoms with E-state index in [4.69, 9.17) is 11.6 Å². The van der Waals surface area contributed by atoms with E-state index in [1.165, 1.54) is 0 Å². The normalized spacial score (nSPS) is 15.8. The van der Waals surface area contributed by atoms with Crippen molar-refractivity contribution in [2.75, 3.05) is 24.5 Å². The van der Waals surface area contributed by atoms with Gasteiger partial charge in [-0.3, -0.25) is 9.59 Å². The molecule has 0 fully saturated rings. The van der Waals surface area contributed by atoms with Crippen molar-refractivity contribution in [3.05, 3.63) is 77.1 Å². The summed E-state index contributed by atoms with van der Waals surface area (Å²) in [5, 5.41) is 19.4. The average molecular weight is 539 g/mol. The number of urea groups is 1. The van der Waals surface area contributed by atoms with Gasteiger partial charge in [0.25, 0.3) is 5.91 Å². The first-order valence-corrected chi connectivity index (χ1v) is 12.8. The van der Waals surface area contributed by atoms with Crippen molar-refractivity contribution in [3.8, 4) is 5.69 Å². The monoisotopic (exact) mass is 538 g/mol. The van der Waals surface area contributed by atoms with Gasteiger partial charge < -0.3 is 25.5 Å². The summed E-state index contributed by atoms with van der Waals surface area (Å²) in [6, 6.07) is 13.6. The minimum Gasteiger partial charge on any atom is -0.391 e. The number of anilines is 1. The van der Waals surface area contributed by atoms with Gasteiger partial charge in [0.15, 0.2) is 0 Å². The summed E-state index contributed by atoms with van der Waals surface area (Å²) in [6.07, 6.45) is 3.34. The Labute approximate surface area is 226 Å². The van der Waals surface area contributed by atoms with Gasteiger partial charge in [-0.2, -0.15) is 5.10 Å². The molecule has 2 atom stereocenters. The van der Waals surface area contributed by atoms with E-state index in [1.807, 2.05) is 38.1 Å². The van der Waals surface area contributed by atoms with Crippen molar-refractivity contribution in [1.82, 2.24) is 25.3 Å². The van der Waals surface area contributed by atoms with E-state index in [1.54, 1.807) is 51.1 Å². The molecule has 2 heterocycles. The smallest absolute Gasteiger partial charge is 0.318 e. The lowest BCUT2D eigenvalue weighted by atomic mass is 10.1. The Kier molecular flexibility index (Phi) is 8.65. The van der Waals surface area contributed by atoms with Crippen LogP contribution in [0.25, 0.3) is 5.69 Å². The molecule has 38 heavy (non-hydrogen) atoms. The van der Waals surface area contributed by atoms with Crippen LogP contribution in [0.1, 0.15) is 36.2 Å². The second-order valence-electron chi connectivity index (χ2n) is 9.16. The highest BCUT2D eigenvalue weighted by atomic mass is 35.5. The van der Waals surface area contributed by atoms with Gasteiger partial charge in [-0.1, -0.05) is 36.7 Å². The lowest BCUT2D eigenvalue weighted by molar-refractivity contribution is -0.120. The van der Waals surface area contributed by atoms with Crippen molar-refractivity contribution in [1.29, 1.82) is 0 Å². The average Bonchev–Trinajstić information content (AvgIpc) is 3.42. The van der Waals surface area contributed by atoms with Crippen LogP contribution in [0.5, 0.6) is 0 Å². The molecule has 3 aromatic rings. The van der Waals surface area contributed by atoms with Gasteiger partial charge in [0, 0.05) is 43.8 Å². The number of halogens is 1. The van der Waals surface area contributed by atoms with Crippen molar-refractivity contribution in [2.45, 2.75) is 39.0 Å². The Morgan fingerprint density at radius 3 is 2.66 bits per heavy atom. The molecule has 1 aliphatic rings. The number of hydrogen-bond acceptors (Lipinski definition) is 5. The van der Waals surface area contributed by atoms with E-state index in [0.29, 0.717) is 22.7 Å². The van der Waals surface area contributed by atoms with Gasteiger partial charge in [-0.25, -0.2) is 9.48 Å². The highest BCUT2D eigenvalue weighted by Gasteiger charge is 2.32. The Hall–Kier alpha value is -3.89. The predicted molar refractivity (Wildman–Crippen MR) is 144 cm³/mol. The van der Waals surface area contributed by atoms with E-state index < -0.39 is 18.0 Å². The summed E-state index contributed by atoms with van der Waals surface area (Å²) in [5.74, 6) is -0.670. The molecule has 11 heteroatoms. The number of benzene rings is 2. The van der Waals surface area contributed by atoms with Crippen LogP contribution in [0, 0.1) is 0 Å². The molecule has 1 aliphatic heterocycles. The number of fused-ring (bicyclic) bond motifs is 1. The lowest BCUT2D eigenvalue weighted by Crippen LogP contribution is -2.50. The molecule has 4 amide bonds. The van der Waals surface area contributed by atoms with Crippen molar-refractivity contribution < 1.29 is 19.5 Å². The van der Waals surface area contributed by atoms with Crippen LogP contribution in [0.15, 0.2) is 60.9 Å². The van der Waals surface area contributed by atoms with E-state index >= 15 is 0 Å². The van der Waals surface area contributed by atoms with Gasteiger partial charge in [0.1, 0.15) is 0 Å². The molecular formula is C27H31ClN6O4. The summed E-state index contributed by atoms with van der Waals surface area (Å²) in [4.78, 5) is 42.2. The van der Waals surface area contributed by atoms with Crippen LogP contribution in [-0.2, 0) is 11.3 Å². The van der Waals surface area contributed by atoms with Gasteiger partial charge in [-0.15, -0.1) is 0 Å². The van der Waals surface area contributed by atoms with Crippen molar-refractivity contribution >= 4 is 35.1 Å². The maximum absolute atomic E-state index is 13.7. The number of hydrogen-bond donors (Lipinski definition) is 3. The maximum atomic E-state index is 13.7. The molecule has 0 bridgehead atoms. The zero-order valence-electron chi connectivity index (χ0n) is 21.3.